The van der Waals surface area contributed by atoms with Gasteiger partial charge in [0.15, 0.2) is 0 Å². The molecule has 0 heterocycles. The second kappa shape index (κ2) is 5.80. The summed E-state index contributed by atoms with van der Waals surface area (Å²) < 4.78 is 0. The molecule has 1 saturated carbocycles. The highest BCUT2D eigenvalue weighted by molar-refractivity contribution is 5.73. The van der Waals surface area contributed by atoms with Gasteiger partial charge in [0.1, 0.15) is 6.04 Å². The number of carboxylic acids is 1. The van der Waals surface area contributed by atoms with Crippen LogP contribution in [0.3, 0.4) is 0 Å². The number of benzene rings is 1. The van der Waals surface area contributed by atoms with E-state index >= 15 is 0 Å². The lowest BCUT2D eigenvalue weighted by Gasteiger charge is -2.22. The highest BCUT2D eigenvalue weighted by Gasteiger charge is 2.35. The molecule has 0 radical (unpaired) electrons. The van der Waals surface area contributed by atoms with Crippen molar-refractivity contribution in [2.45, 2.75) is 25.3 Å². The Bertz CT molecular complexity index is 497. The van der Waals surface area contributed by atoms with E-state index in [1.807, 2.05) is 30.3 Å². The van der Waals surface area contributed by atoms with Crippen molar-refractivity contribution >= 4 is 5.97 Å². The van der Waals surface area contributed by atoms with Crippen molar-refractivity contribution in [3.05, 3.63) is 48.0 Å². The van der Waals surface area contributed by atoms with Crippen LogP contribution in [0.2, 0.25) is 0 Å². The minimum atomic E-state index is -0.757. The average Bonchev–Trinajstić information content (AvgIpc) is 3.06. The van der Waals surface area contributed by atoms with Gasteiger partial charge < -0.3 is 10.4 Å². The third kappa shape index (κ3) is 2.93. The molecule has 4 atom stereocenters. The Labute approximate surface area is 119 Å². The molecule has 3 rings (SSSR count). The zero-order valence-electron chi connectivity index (χ0n) is 11.5. The Morgan fingerprint density at radius 2 is 2.05 bits per heavy atom. The molecule has 3 nitrogen and oxygen atoms in total. The first kappa shape index (κ1) is 13.4. The second-order valence-electron chi connectivity index (χ2n) is 6.03. The molecule has 2 N–H and O–H groups in total. The first-order valence-electron chi connectivity index (χ1n) is 7.41. The number of carboxylic acid groups (broad SMARTS) is 1. The normalized spacial score (nSPS) is 28.7. The molecule has 3 unspecified atom stereocenters. The Morgan fingerprint density at radius 3 is 2.65 bits per heavy atom. The number of nitrogens with one attached hydrogen (secondary N) is 1. The van der Waals surface area contributed by atoms with E-state index in [0.717, 1.165) is 18.0 Å². The number of fused-ring (bicyclic) bond motifs is 2. The topological polar surface area (TPSA) is 49.3 Å². The van der Waals surface area contributed by atoms with Crippen LogP contribution in [0.25, 0.3) is 0 Å². The molecule has 1 fully saturated rings. The van der Waals surface area contributed by atoms with Gasteiger partial charge in [-0.2, -0.15) is 0 Å². The summed E-state index contributed by atoms with van der Waals surface area (Å²) in [5.74, 6) is 1.26. The molecule has 2 aliphatic rings. The summed E-state index contributed by atoms with van der Waals surface area (Å²) in [5, 5.41) is 12.6. The van der Waals surface area contributed by atoms with E-state index in [1.165, 1.54) is 12.8 Å². The number of aliphatic carboxylic acids is 1. The van der Waals surface area contributed by atoms with Crippen molar-refractivity contribution in [1.82, 2.24) is 5.32 Å². The van der Waals surface area contributed by atoms with Crippen LogP contribution in [-0.2, 0) is 11.2 Å². The summed E-state index contributed by atoms with van der Waals surface area (Å²) in [4.78, 5) is 11.4. The van der Waals surface area contributed by atoms with Gasteiger partial charge in [-0.15, -0.1) is 0 Å². The quantitative estimate of drug-likeness (QED) is 0.782. The zero-order chi connectivity index (χ0) is 13.9. The van der Waals surface area contributed by atoms with Crippen LogP contribution in [0, 0.1) is 17.8 Å². The fourth-order valence-corrected chi connectivity index (χ4v) is 3.52. The molecule has 2 aliphatic carbocycles. The average molecular weight is 271 g/mol. The van der Waals surface area contributed by atoms with Gasteiger partial charge in [0.05, 0.1) is 0 Å². The Balaban J connectivity index is 1.55. The predicted octanol–water partition coefficient (Wildman–Crippen LogP) is 2.48. The molecule has 0 amide bonds. The zero-order valence-corrected chi connectivity index (χ0v) is 11.5. The molecule has 1 aromatic carbocycles. The predicted molar refractivity (Wildman–Crippen MR) is 78.4 cm³/mol. The lowest BCUT2D eigenvalue weighted by atomic mass is 9.93. The Morgan fingerprint density at radius 1 is 1.25 bits per heavy atom. The molecule has 0 aromatic heterocycles. The highest BCUT2D eigenvalue weighted by atomic mass is 16.4. The van der Waals surface area contributed by atoms with E-state index in [4.69, 9.17) is 0 Å². The van der Waals surface area contributed by atoms with Crippen LogP contribution in [0.1, 0.15) is 18.4 Å². The first-order chi connectivity index (χ1) is 9.72. The van der Waals surface area contributed by atoms with Crippen LogP contribution in [0.4, 0.5) is 0 Å². The van der Waals surface area contributed by atoms with E-state index < -0.39 is 12.0 Å². The van der Waals surface area contributed by atoms with E-state index in [-0.39, 0.29) is 0 Å². The number of allylic oxidation sites excluding steroid dienone is 2. The molecule has 0 spiro atoms. The minimum Gasteiger partial charge on any atom is -0.480 e. The molecule has 0 saturated heterocycles. The monoisotopic (exact) mass is 271 g/mol. The van der Waals surface area contributed by atoms with Gasteiger partial charge in [-0.05, 0) is 49.1 Å². The summed E-state index contributed by atoms with van der Waals surface area (Å²) in [6.07, 6.45) is 7.66. The van der Waals surface area contributed by atoms with Gasteiger partial charge in [-0.1, -0.05) is 42.5 Å². The van der Waals surface area contributed by atoms with Crippen LogP contribution < -0.4 is 5.32 Å². The maximum Gasteiger partial charge on any atom is 0.321 e. The van der Waals surface area contributed by atoms with E-state index in [1.54, 1.807) is 0 Å². The molecule has 0 aliphatic heterocycles. The van der Waals surface area contributed by atoms with E-state index in [0.29, 0.717) is 18.3 Å². The van der Waals surface area contributed by atoms with Crippen LogP contribution in [-0.4, -0.2) is 23.7 Å². The highest BCUT2D eigenvalue weighted by Crippen LogP contribution is 2.42. The van der Waals surface area contributed by atoms with Crippen molar-refractivity contribution in [3.8, 4) is 0 Å². The lowest BCUT2D eigenvalue weighted by Crippen LogP contribution is -2.41. The van der Waals surface area contributed by atoms with Gasteiger partial charge in [0, 0.05) is 0 Å². The molecule has 106 valence electrons. The first-order valence-corrected chi connectivity index (χ1v) is 7.41. The number of hydrogen-bond acceptors (Lipinski definition) is 2. The molecule has 2 bridgehead atoms. The number of carbonyl (C=O) groups is 1. The van der Waals surface area contributed by atoms with Gasteiger partial charge in [0.2, 0.25) is 0 Å². The van der Waals surface area contributed by atoms with Crippen molar-refractivity contribution in [3.63, 3.8) is 0 Å². The SMILES string of the molecule is O=C(O)[C@@H](Cc1ccccc1)NCC1CC2C=CC1C2. The standard InChI is InChI=1S/C17H21NO2/c19-17(20)16(10-12-4-2-1-3-5-12)18-11-15-9-13-6-7-14(15)8-13/h1-7,13-16,18H,8-11H2,(H,19,20)/t13?,14?,15?,16-/m1/s1. The molecule has 20 heavy (non-hydrogen) atoms. The third-order valence-corrected chi connectivity index (χ3v) is 4.62. The van der Waals surface area contributed by atoms with Crippen LogP contribution >= 0.6 is 0 Å². The second-order valence-corrected chi connectivity index (χ2v) is 6.03. The van der Waals surface area contributed by atoms with E-state index in [2.05, 4.69) is 17.5 Å². The summed E-state index contributed by atoms with van der Waals surface area (Å²) in [6, 6.07) is 9.34. The maximum absolute atomic E-state index is 11.4. The number of hydrogen-bond donors (Lipinski definition) is 2. The molecule has 3 heteroatoms. The third-order valence-electron chi connectivity index (χ3n) is 4.62. The summed E-state index contributed by atoms with van der Waals surface area (Å²) in [5.41, 5.74) is 1.07. The fourth-order valence-electron chi connectivity index (χ4n) is 3.52. The molecular formula is C17H21NO2. The lowest BCUT2D eigenvalue weighted by molar-refractivity contribution is -0.139. The van der Waals surface area contributed by atoms with Crippen molar-refractivity contribution in [2.24, 2.45) is 17.8 Å². The maximum atomic E-state index is 11.4. The van der Waals surface area contributed by atoms with Gasteiger partial charge in [0.25, 0.3) is 0 Å². The van der Waals surface area contributed by atoms with Crippen molar-refractivity contribution in [1.29, 1.82) is 0 Å². The Hall–Kier alpha value is -1.61. The smallest absolute Gasteiger partial charge is 0.321 e. The van der Waals surface area contributed by atoms with Crippen molar-refractivity contribution in [2.75, 3.05) is 6.54 Å². The Kier molecular flexibility index (Phi) is 3.88. The van der Waals surface area contributed by atoms with E-state index in [9.17, 15) is 9.90 Å². The summed E-state index contributed by atoms with van der Waals surface area (Å²) >= 11 is 0. The molecular weight excluding hydrogens is 250 g/mol. The van der Waals surface area contributed by atoms with Crippen LogP contribution in [0.5, 0.6) is 0 Å². The minimum absolute atomic E-state index is 0.486. The summed E-state index contributed by atoms with van der Waals surface area (Å²) in [7, 11) is 0. The van der Waals surface area contributed by atoms with Gasteiger partial charge in [-0.3, -0.25) is 4.79 Å². The van der Waals surface area contributed by atoms with Gasteiger partial charge in [-0.25, -0.2) is 0 Å². The fraction of sp³-hybridized carbons (Fsp3) is 0.471. The summed E-state index contributed by atoms with van der Waals surface area (Å²) in [6.45, 7) is 0.815. The van der Waals surface area contributed by atoms with Crippen molar-refractivity contribution < 1.29 is 9.90 Å². The molecule has 1 aromatic rings. The largest absolute Gasteiger partial charge is 0.480 e. The van der Waals surface area contributed by atoms with Crippen LogP contribution in [0.15, 0.2) is 42.5 Å². The number of rotatable bonds is 6. The van der Waals surface area contributed by atoms with Gasteiger partial charge >= 0.3 is 5.97 Å².